The number of hydrogen-bond acceptors (Lipinski definition) is 3. The van der Waals surface area contributed by atoms with Crippen LogP contribution < -0.4 is 15.2 Å². The van der Waals surface area contributed by atoms with Gasteiger partial charge in [-0.1, -0.05) is 17.7 Å². The summed E-state index contributed by atoms with van der Waals surface area (Å²) >= 11 is 5.89. The third-order valence-corrected chi connectivity index (χ3v) is 2.95. The average Bonchev–Trinajstić information content (AvgIpc) is 2.38. The fraction of sp³-hybridized carbons (Fsp3) is 0.143. The molecule has 0 amide bonds. The Labute approximate surface area is 111 Å². The zero-order valence-corrected chi connectivity index (χ0v) is 11.0. The first kappa shape index (κ1) is 12.6. The third kappa shape index (κ3) is 2.36. The number of hydrogen-bond donors (Lipinski definition) is 1. The molecule has 0 radical (unpaired) electrons. The molecule has 0 bridgehead atoms. The predicted octanol–water partition coefficient (Wildman–Crippen LogP) is 3.61. The largest absolute Gasteiger partial charge is 0.497 e. The summed E-state index contributed by atoms with van der Waals surface area (Å²) in [6.45, 7) is 0. The Balaban J connectivity index is 2.56. The van der Waals surface area contributed by atoms with Crippen LogP contribution in [0.1, 0.15) is 0 Å². The Bertz CT molecular complexity index is 570. The molecule has 2 N–H and O–H groups in total. The molecule has 0 unspecified atom stereocenters. The fourth-order valence-electron chi connectivity index (χ4n) is 1.80. The van der Waals surface area contributed by atoms with Gasteiger partial charge in [-0.3, -0.25) is 0 Å². The maximum absolute atomic E-state index is 5.98. The topological polar surface area (TPSA) is 44.5 Å². The molecule has 0 aliphatic carbocycles. The Morgan fingerprint density at radius 2 is 1.67 bits per heavy atom. The molecule has 2 aromatic rings. The first-order chi connectivity index (χ1) is 8.65. The average molecular weight is 264 g/mol. The molecular formula is C14H14ClNO2. The van der Waals surface area contributed by atoms with Crippen LogP contribution in [0.3, 0.4) is 0 Å². The Morgan fingerprint density at radius 1 is 0.944 bits per heavy atom. The Morgan fingerprint density at radius 3 is 2.28 bits per heavy atom. The van der Waals surface area contributed by atoms with Crippen LogP contribution in [0.5, 0.6) is 11.5 Å². The van der Waals surface area contributed by atoms with Crippen molar-refractivity contribution in [1.82, 2.24) is 0 Å². The summed E-state index contributed by atoms with van der Waals surface area (Å²) in [5, 5.41) is 0.615. The number of nitrogens with two attached hydrogens (primary N) is 1. The molecule has 18 heavy (non-hydrogen) atoms. The van der Waals surface area contributed by atoms with Crippen LogP contribution in [-0.2, 0) is 0 Å². The summed E-state index contributed by atoms with van der Waals surface area (Å²) in [5.74, 6) is 1.45. The van der Waals surface area contributed by atoms with E-state index in [-0.39, 0.29) is 0 Å². The highest BCUT2D eigenvalue weighted by atomic mass is 35.5. The molecule has 3 nitrogen and oxygen atoms in total. The Kier molecular flexibility index (Phi) is 3.63. The number of halogens is 1. The molecule has 2 rings (SSSR count). The second kappa shape index (κ2) is 5.19. The summed E-state index contributed by atoms with van der Waals surface area (Å²) < 4.78 is 10.5. The number of methoxy groups -OCH3 is 2. The number of nitrogen functional groups attached to an aromatic ring is 1. The van der Waals surface area contributed by atoms with Crippen LogP contribution in [0.4, 0.5) is 5.69 Å². The van der Waals surface area contributed by atoms with Crippen LogP contribution in [0.15, 0.2) is 36.4 Å². The van der Waals surface area contributed by atoms with Crippen molar-refractivity contribution in [3.63, 3.8) is 0 Å². The number of ether oxygens (including phenoxy) is 2. The van der Waals surface area contributed by atoms with Crippen molar-refractivity contribution in [2.45, 2.75) is 0 Å². The minimum Gasteiger partial charge on any atom is -0.497 e. The zero-order chi connectivity index (χ0) is 13.1. The number of rotatable bonds is 3. The second-order valence-electron chi connectivity index (χ2n) is 3.80. The molecule has 0 spiro atoms. The van der Waals surface area contributed by atoms with Crippen LogP contribution >= 0.6 is 11.6 Å². The van der Waals surface area contributed by atoms with E-state index in [0.29, 0.717) is 16.5 Å². The van der Waals surface area contributed by atoms with Gasteiger partial charge in [0.1, 0.15) is 11.5 Å². The number of anilines is 1. The van der Waals surface area contributed by atoms with Crippen LogP contribution in [-0.4, -0.2) is 14.2 Å². The zero-order valence-electron chi connectivity index (χ0n) is 10.2. The maximum atomic E-state index is 5.98. The molecular weight excluding hydrogens is 250 g/mol. The van der Waals surface area contributed by atoms with E-state index < -0.39 is 0 Å². The van der Waals surface area contributed by atoms with Crippen molar-refractivity contribution in [3.8, 4) is 22.6 Å². The molecule has 0 atom stereocenters. The summed E-state index contributed by atoms with van der Waals surface area (Å²) in [6, 6.07) is 11.0. The van der Waals surface area contributed by atoms with Gasteiger partial charge in [-0.15, -0.1) is 0 Å². The van der Waals surface area contributed by atoms with Gasteiger partial charge in [0.15, 0.2) is 0 Å². The lowest BCUT2D eigenvalue weighted by Gasteiger charge is -2.12. The summed E-state index contributed by atoms with van der Waals surface area (Å²) in [5.41, 5.74) is 8.39. The van der Waals surface area contributed by atoms with Gasteiger partial charge in [0.2, 0.25) is 0 Å². The van der Waals surface area contributed by atoms with Crippen molar-refractivity contribution in [2.24, 2.45) is 0 Å². The first-order valence-electron chi connectivity index (χ1n) is 5.43. The minimum atomic E-state index is 0.615. The lowest BCUT2D eigenvalue weighted by atomic mass is 10.0. The highest BCUT2D eigenvalue weighted by molar-refractivity contribution is 6.31. The van der Waals surface area contributed by atoms with Crippen molar-refractivity contribution >= 4 is 17.3 Å². The monoisotopic (exact) mass is 263 g/mol. The van der Waals surface area contributed by atoms with Gasteiger partial charge in [-0.2, -0.15) is 0 Å². The van der Waals surface area contributed by atoms with Crippen LogP contribution in [0.25, 0.3) is 11.1 Å². The van der Waals surface area contributed by atoms with Gasteiger partial charge in [0.25, 0.3) is 0 Å². The quantitative estimate of drug-likeness (QED) is 0.861. The lowest BCUT2D eigenvalue weighted by Crippen LogP contribution is -1.94. The molecule has 4 heteroatoms. The van der Waals surface area contributed by atoms with Crippen molar-refractivity contribution in [1.29, 1.82) is 0 Å². The van der Waals surface area contributed by atoms with Gasteiger partial charge < -0.3 is 15.2 Å². The van der Waals surface area contributed by atoms with E-state index in [1.54, 1.807) is 26.4 Å². The minimum absolute atomic E-state index is 0.615. The molecule has 94 valence electrons. The predicted molar refractivity (Wildman–Crippen MR) is 74.4 cm³/mol. The van der Waals surface area contributed by atoms with Gasteiger partial charge in [-0.25, -0.2) is 0 Å². The summed E-state index contributed by atoms with van der Waals surface area (Å²) in [4.78, 5) is 0. The van der Waals surface area contributed by atoms with E-state index in [2.05, 4.69) is 0 Å². The van der Waals surface area contributed by atoms with Crippen molar-refractivity contribution < 1.29 is 9.47 Å². The first-order valence-corrected chi connectivity index (χ1v) is 5.81. The van der Waals surface area contributed by atoms with Crippen LogP contribution in [0.2, 0.25) is 5.02 Å². The van der Waals surface area contributed by atoms with E-state index in [0.717, 1.165) is 16.9 Å². The summed E-state index contributed by atoms with van der Waals surface area (Å²) in [7, 11) is 3.23. The van der Waals surface area contributed by atoms with Crippen molar-refractivity contribution in [2.75, 3.05) is 20.0 Å². The molecule has 0 aromatic heterocycles. The highest BCUT2D eigenvalue weighted by Crippen LogP contribution is 2.37. The third-order valence-electron chi connectivity index (χ3n) is 2.71. The van der Waals surface area contributed by atoms with E-state index in [9.17, 15) is 0 Å². The van der Waals surface area contributed by atoms with E-state index >= 15 is 0 Å². The molecule has 0 saturated carbocycles. The van der Waals surface area contributed by atoms with Gasteiger partial charge >= 0.3 is 0 Å². The smallest absolute Gasteiger partial charge is 0.130 e. The SMILES string of the molecule is COc1ccc(-c2ccc(Cl)cc2N)c(OC)c1. The van der Waals surface area contributed by atoms with E-state index in [1.807, 2.05) is 24.3 Å². The van der Waals surface area contributed by atoms with E-state index in [1.165, 1.54) is 0 Å². The molecule has 0 saturated heterocycles. The maximum Gasteiger partial charge on any atom is 0.130 e. The molecule has 2 aromatic carbocycles. The molecule has 0 aliphatic rings. The van der Waals surface area contributed by atoms with Gasteiger partial charge in [-0.05, 0) is 24.3 Å². The Hall–Kier alpha value is -1.87. The lowest BCUT2D eigenvalue weighted by molar-refractivity contribution is 0.395. The number of benzene rings is 2. The van der Waals surface area contributed by atoms with E-state index in [4.69, 9.17) is 26.8 Å². The van der Waals surface area contributed by atoms with Crippen LogP contribution in [0, 0.1) is 0 Å². The van der Waals surface area contributed by atoms with Gasteiger partial charge in [0, 0.05) is 27.9 Å². The normalized spacial score (nSPS) is 10.2. The standard InChI is InChI=1S/C14H14ClNO2/c1-17-10-4-6-12(14(8-10)18-2)11-5-3-9(15)7-13(11)16/h3-8H,16H2,1-2H3. The molecule has 0 heterocycles. The van der Waals surface area contributed by atoms with Crippen molar-refractivity contribution in [3.05, 3.63) is 41.4 Å². The molecule has 0 fully saturated rings. The highest BCUT2D eigenvalue weighted by Gasteiger charge is 2.10. The van der Waals surface area contributed by atoms with Gasteiger partial charge in [0.05, 0.1) is 14.2 Å². The summed E-state index contributed by atoms with van der Waals surface area (Å²) in [6.07, 6.45) is 0. The molecule has 0 aliphatic heterocycles. The second-order valence-corrected chi connectivity index (χ2v) is 4.23. The fourth-order valence-corrected chi connectivity index (χ4v) is 1.98.